The molecular weight excluding hydrogens is 208 g/mol. The molecule has 4 nitrogen and oxygen atoms in total. The van der Waals surface area contributed by atoms with Gasteiger partial charge >= 0.3 is 11.9 Å². The third kappa shape index (κ3) is 11.0. The zero-order valence-electron chi connectivity index (χ0n) is 10.4. The van der Waals surface area contributed by atoms with Crippen molar-refractivity contribution in [3.05, 3.63) is 0 Å². The molecule has 0 aromatic heterocycles. The van der Waals surface area contributed by atoms with E-state index < -0.39 is 11.6 Å². The molecule has 0 radical (unpaired) electrons. The molecule has 0 aliphatic carbocycles. The minimum Gasteiger partial charge on any atom is -0.481 e. The zero-order valence-corrected chi connectivity index (χ0v) is 10.4. The third-order valence-corrected chi connectivity index (χ3v) is 1.94. The molecule has 94 valence electrons. The first-order chi connectivity index (χ1) is 7.31. The number of carboxylic acids is 1. The molecule has 0 aromatic carbocycles. The summed E-state index contributed by atoms with van der Waals surface area (Å²) in [7, 11) is 0. The molecule has 0 rings (SSSR count). The number of hydrogen-bond donors (Lipinski definition) is 1. The maximum Gasteiger partial charge on any atom is 0.306 e. The number of carboxylic acid groups (broad SMARTS) is 1. The molecule has 0 bridgehead atoms. The Labute approximate surface area is 97.0 Å². The molecule has 0 amide bonds. The van der Waals surface area contributed by atoms with Crippen molar-refractivity contribution >= 4 is 11.9 Å². The van der Waals surface area contributed by atoms with Gasteiger partial charge in [0.05, 0.1) is 0 Å². The summed E-state index contributed by atoms with van der Waals surface area (Å²) in [6.45, 7) is 5.53. The highest BCUT2D eigenvalue weighted by Crippen LogP contribution is 2.11. The molecule has 0 fully saturated rings. The quantitative estimate of drug-likeness (QED) is 0.539. The van der Waals surface area contributed by atoms with Crippen molar-refractivity contribution in [2.45, 2.75) is 64.9 Å². The van der Waals surface area contributed by atoms with Crippen molar-refractivity contribution in [1.29, 1.82) is 0 Å². The van der Waals surface area contributed by atoms with Crippen LogP contribution in [0.25, 0.3) is 0 Å². The number of rotatable bonds is 7. The fourth-order valence-electron chi connectivity index (χ4n) is 1.29. The Morgan fingerprint density at radius 2 is 1.50 bits per heavy atom. The number of hydrogen-bond acceptors (Lipinski definition) is 3. The molecule has 0 saturated carbocycles. The van der Waals surface area contributed by atoms with E-state index >= 15 is 0 Å². The van der Waals surface area contributed by atoms with Crippen LogP contribution in [-0.2, 0) is 14.3 Å². The maximum atomic E-state index is 11.3. The van der Waals surface area contributed by atoms with Crippen LogP contribution >= 0.6 is 0 Å². The monoisotopic (exact) mass is 230 g/mol. The Balaban J connectivity index is 3.38. The number of ether oxygens (including phenoxy) is 1. The Hall–Kier alpha value is -1.06. The van der Waals surface area contributed by atoms with Crippen molar-refractivity contribution in [2.24, 2.45) is 0 Å². The number of carbonyl (C=O) groups is 2. The topological polar surface area (TPSA) is 63.6 Å². The van der Waals surface area contributed by atoms with Crippen LogP contribution in [0.15, 0.2) is 0 Å². The van der Waals surface area contributed by atoms with E-state index in [4.69, 9.17) is 9.84 Å². The first-order valence-corrected chi connectivity index (χ1v) is 5.75. The minimum absolute atomic E-state index is 0.175. The molecule has 0 saturated heterocycles. The van der Waals surface area contributed by atoms with E-state index in [1.807, 2.05) is 20.8 Å². The molecule has 16 heavy (non-hydrogen) atoms. The number of carbonyl (C=O) groups excluding carboxylic acids is 1. The fraction of sp³-hybridized carbons (Fsp3) is 0.833. The van der Waals surface area contributed by atoms with E-state index in [2.05, 4.69) is 0 Å². The Morgan fingerprint density at radius 1 is 1.00 bits per heavy atom. The number of esters is 1. The van der Waals surface area contributed by atoms with Crippen LogP contribution in [0.1, 0.15) is 59.3 Å². The predicted octanol–water partition coefficient (Wildman–Crippen LogP) is 2.75. The predicted molar refractivity (Wildman–Crippen MR) is 61.2 cm³/mol. The number of aliphatic carboxylic acids is 1. The summed E-state index contributed by atoms with van der Waals surface area (Å²) < 4.78 is 5.15. The maximum absolute atomic E-state index is 11.3. The second-order valence-electron chi connectivity index (χ2n) is 4.89. The van der Waals surface area contributed by atoms with Gasteiger partial charge in [-0.1, -0.05) is 12.8 Å². The molecule has 4 heteroatoms. The second kappa shape index (κ2) is 7.25. The Bertz CT molecular complexity index is 228. The lowest BCUT2D eigenvalue weighted by Gasteiger charge is -2.19. The van der Waals surface area contributed by atoms with Crippen molar-refractivity contribution in [2.75, 3.05) is 0 Å². The highest BCUT2D eigenvalue weighted by Gasteiger charge is 2.15. The van der Waals surface area contributed by atoms with E-state index in [0.29, 0.717) is 12.8 Å². The molecule has 0 aliphatic rings. The van der Waals surface area contributed by atoms with Crippen LogP contribution in [0.2, 0.25) is 0 Å². The number of unbranched alkanes of at least 4 members (excludes halogenated alkanes) is 3. The van der Waals surface area contributed by atoms with Crippen molar-refractivity contribution in [1.82, 2.24) is 0 Å². The normalized spacial score (nSPS) is 11.2. The largest absolute Gasteiger partial charge is 0.481 e. The van der Waals surface area contributed by atoms with Crippen molar-refractivity contribution in [3.63, 3.8) is 0 Å². The van der Waals surface area contributed by atoms with Gasteiger partial charge in [-0.2, -0.15) is 0 Å². The molecule has 0 unspecified atom stereocenters. The first kappa shape index (κ1) is 14.9. The molecule has 0 aromatic rings. The van der Waals surface area contributed by atoms with Crippen LogP contribution in [-0.4, -0.2) is 22.6 Å². The van der Waals surface area contributed by atoms with Crippen LogP contribution in [0, 0.1) is 0 Å². The Kier molecular flexibility index (Phi) is 6.77. The standard InChI is InChI=1S/C12H22O4/c1-12(2,3)16-11(15)9-7-5-4-6-8-10(13)14/h4-9H2,1-3H3,(H,13,14). The van der Waals surface area contributed by atoms with Gasteiger partial charge < -0.3 is 9.84 Å². The van der Waals surface area contributed by atoms with Gasteiger partial charge in [0.15, 0.2) is 0 Å². The summed E-state index contributed by atoms with van der Waals surface area (Å²) in [5.74, 6) is -0.933. The summed E-state index contributed by atoms with van der Waals surface area (Å²) in [6.07, 6.45) is 3.83. The van der Waals surface area contributed by atoms with Gasteiger partial charge in [0.25, 0.3) is 0 Å². The summed E-state index contributed by atoms with van der Waals surface area (Å²) in [5, 5.41) is 8.41. The van der Waals surface area contributed by atoms with Crippen LogP contribution < -0.4 is 0 Å². The smallest absolute Gasteiger partial charge is 0.306 e. The molecule has 0 atom stereocenters. The zero-order chi connectivity index (χ0) is 12.6. The highest BCUT2D eigenvalue weighted by molar-refractivity contribution is 5.69. The van der Waals surface area contributed by atoms with Gasteiger partial charge in [0.1, 0.15) is 5.60 Å². The van der Waals surface area contributed by atoms with Gasteiger partial charge in [-0.15, -0.1) is 0 Å². The molecular formula is C12H22O4. The van der Waals surface area contributed by atoms with E-state index in [0.717, 1.165) is 19.3 Å². The van der Waals surface area contributed by atoms with E-state index in [9.17, 15) is 9.59 Å². The second-order valence-corrected chi connectivity index (χ2v) is 4.89. The highest BCUT2D eigenvalue weighted by atomic mass is 16.6. The Morgan fingerprint density at radius 3 is 1.94 bits per heavy atom. The van der Waals surface area contributed by atoms with E-state index in [1.54, 1.807) is 0 Å². The minimum atomic E-state index is -0.757. The molecule has 0 aliphatic heterocycles. The van der Waals surface area contributed by atoms with E-state index in [-0.39, 0.29) is 12.4 Å². The fourth-order valence-corrected chi connectivity index (χ4v) is 1.29. The van der Waals surface area contributed by atoms with E-state index in [1.165, 1.54) is 0 Å². The lowest BCUT2D eigenvalue weighted by molar-refractivity contribution is -0.155. The first-order valence-electron chi connectivity index (χ1n) is 5.75. The van der Waals surface area contributed by atoms with Crippen molar-refractivity contribution < 1.29 is 19.4 Å². The van der Waals surface area contributed by atoms with Crippen LogP contribution in [0.5, 0.6) is 0 Å². The summed E-state index contributed by atoms with van der Waals surface area (Å²) in [5.41, 5.74) is -0.416. The van der Waals surface area contributed by atoms with Crippen LogP contribution in [0.3, 0.4) is 0 Å². The van der Waals surface area contributed by atoms with Crippen molar-refractivity contribution in [3.8, 4) is 0 Å². The van der Waals surface area contributed by atoms with Gasteiger partial charge in [0.2, 0.25) is 0 Å². The summed E-state index contributed by atoms with van der Waals surface area (Å²) >= 11 is 0. The van der Waals surface area contributed by atoms with Gasteiger partial charge in [-0.25, -0.2) is 0 Å². The third-order valence-electron chi connectivity index (χ3n) is 1.94. The SMILES string of the molecule is CC(C)(C)OC(=O)CCCCCCC(=O)O. The van der Waals surface area contributed by atoms with Gasteiger partial charge in [0, 0.05) is 12.8 Å². The lowest BCUT2D eigenvalue weighted by Crippen LogP contribution is -2.23. The van der Waals surface area contributed by atoms with Gasteiger partial charge in [-0.3, -0.25) is 9.59 Å². The van der Waals surface area contributed by atoms with Gasteiger partial charge in [-0.05, 0) is 33.6 Å². The summed E-state index contributed by atoms with van der Waals surface area (Å²) in [6, 6.07) is 0. The average Bonchev–Trinajstić information content (AvgIpc) is 2.07. The molecule has 0 heterocycles. The average molecular weight is 230 g/mol. The lowest BCUT2D eigenvalue weighted by atomic mass is 10.1. The molecule has 0 spiro atoms. The van der Waals surface area contributed by atoms with Crippen LogP contribution in [0.4, 0.5) is 0 Å². The molecule has 1 N–H and O–H groups in total. The summed E-state index contributed by atoms with van der Waals surface area (Å²) in [4.78, 5) is 21.5.